The minimum Gasteiger partial charge on any atom is -0.486 e. The second-order valence-corrected chi connectivity index (χ2v) is 9.91. The third kappa shape index (κ3) is 5.95. The molecule has 1 aromatic heterocycles. The van der Waals surface area contributed by atoms with E-state index in [0.717, 1.165) is 29.6 Å². The summed E-state index contributed by atoms with van der Waals surface area (Å²) in [6.07, 6.45) is 0. The number of rotatable bonds is 8. The van der Waals surface area contributed by atoms with Crippen molar-refractivity contribution in [3.05, 3.63) is 101 Å². The van der Waals surface area contributed by atoms with E-state index in [2.05, 4.69) is 31.0 Å². The van der Waals surface area contributed by atoms with E-state index in [9.17, 15) is 13.6 Å². The van der Waals surface area contributed by atoms with Gasteiger partial charge in [-0.3, -0.25) is 9.36 Å². The largest absolute Gasteiger partial charge is 0.486 e. The van der Waals surface area contributed by atoms with Crippen molar-refractivity contribution in [1.82, 2.24) is 14.8 Å². The molecule has 0 spiro atoms. The number of carbonyl (C=O) groups is 1. The Morgan fingerprint density at radius 2 is 1.69 bits per heavy atom. The average Bonchev–Trinajstić information content (AvgIpc) is 3.24. The first-order valence-electron chi connectivity index (χ1n) is 11.1. The fraction of sp³-hybridized carbons (Fsp3) is 0.222. The molecule has 0 saturated heterocycles. The van der Waals surface area contributed by atoms with Gasteiger partial charge in [-0.05, 0) is 47.4 Å². The molecule has 5 nitrogen and oxygen atoms in total. The van der Waals surface area contributed by atoms with Gasteiger partial charge in [0, 0.05) is 11.8 Å². The van der Waals surface area contributed by atoms with Crippen LogP contribution in [0.4, 0.5) is 8.78 Å². The summed E-state index contributed by atoms with van der Waals surface area (Å²) in [6.45, 7) is 6.62. The molecule has 180 valence electrons. The Labute approximate surface area is 207 Å². The van der Waals surface area contributed by atoms with E-state index in [1.54, 1.807) is 0 Å². The molecule has 4 aromatic rings. The zero-order valence-corrected chi connectivity index (χ0v) is 20.5. The van der Waals surface area contributed by atoms with Gasteiger partial charge in [0.25, 0.3) is 0 Å². The Bertz CT molecular complexity index is 1320. The van der Waals surface area contributed by atoms with Crippen LogP contribution in [0.5, 0.6) is 5.75 Å². The van der Waals surface area contributed by atoms with Crippen molar-refractivity contribution < 1.29 is 18.3 Å². The van der Waals surface area contributed by atoms with Gasteiger partial charge in [0.15, 0.2) is 16.8 Å². The van der Waals surface area contributed by atoms with Crippen LogP contribution in [0.3, 0.4) is 0 Å². The standard InChI is InChI=1S/C27H25F2N3O2S/c1-27(2,3)18-9-12-21(13-10-18)34-16-25-30-31-26(32(25)20-7-5-4-6-8-20)35-17-24(33)22-14-11-19(28)15-23(22)29/h4-15H,16-17H2,1-3H3. The SMILES string of the molecule is CC(C)(C)c1ccc(OCc2nnc(SCC(=O)c3ccc(F)cc3F)n2-c2ccccc2)cc1. The lowest BCUT2D eigenvalue weighted by Crippen LogP contribution is -2.11. The van der Waals surface area contributed by atoms with E-state index >= 15 is 0 Å². The zero-order chi connectivity index (χ0) is 25.0. The molecule has 35 heavy (non-hydrogen) atoms. The fourth-order valence-electron chi connectivity index (χ4n) is 3.45. The zero-order valence-electron chi connectivity index (χ0n) is 19.7. The van der Waals surface area contributed by atoms with E-state index in [0.29, 0.717) is 22.8 Å². The van der Waals surface area contributed by atoms with Gasteiger partial charge in [0.05, 0.1) is 11.3 Å². The molecule has 0 N–H and O–H groups in total. The average molecular weight is 494 g/mol. The molecule has 1 heterocycles. The number of hydrogen-bond acceptors (Lipinski definition) is 5. The maximum absolute atomic E-state index is 14.0. The fourth-order valence-corrected chi connectivity index (χ4v) is 4.30. The summed E-state index contributed by atoms with van der Waals surface area (Å²) >= 11 is 1.13. The summed E-state index contributed by atoms with van der Waals surface area (Å²) in [7, 11) is 0. The number of para-hydroxylation sites is 1. The predicted molar refractivity (Wildman–Crippen MR) is 132 cm³/mol. The number of thioether (sulfide) groups is 1. The molecule has 0 unspecified atom stereocenters. The van der Waals surface area contributed by atoms with Crippen LogP contribution in [-0.2, 0) is 12.0 Å². The molecule has 0 fully saturated rings. The van der Waals surface area contributed by atoms with E-state index in [1.807, 2.05) is 59.2 Å². The van der Waals surface area contributed by atoms with Crippen molar-refractivity contribution >= 4 is 17.5 Å². The maximum atomic E-state index is 14.0. The molecule has 3 aromatic carbocycles. The van der Waals surface area contributed by atoms with Gasteiger partial charge in [-0.1, -0.05) is 62.9 Å². The highest BCUT2D eigenvalue weighted by Crippen LogP contribution is 2.26. The molecule has 0 aliphatic carbocycles. The second-order valence-electron chi connectivity index (χ2n) is 8.97. The number of Topliss-reactive ketones (excluding diaryl/α,β-unsaturated/α-hetero) is 1. The van der Waals surface area contributed by atoms with Crippen molar-refractivity contribution in [1.29, 1.82) is 0 Å². The molecule has 0 radical (unpaired) electrons. The van der Waals surface area contributed by atoms with Crippen molar-refractivity contribution in [3.63, 3.8) is 0 Å². The van der Waals surface area contributed by atoms with Gasteiger partial charge >= 0.3 is 0 Å². The van der Waals surface area contributed by atoms with Crippen LogP contribution in [0.25, 0.3) is 5.69 Å². The summed E-state index contributed by atoms with van der Waals surface area (Å²) in [6, 6.07) is 20.3. The Balaban J connectivity index is 1.53. The predicted octanol–water partition coefficient (Wildman–Crippen LogP) is 6.40. The summed E-state index contributed by atoms with van der Waals surface area (Å²) in [5.41, 5.74) is 1.90. The third-order valence-corrected chi connectivity index (χ3v) is 6.30. The van der Waals surface area contributed by atoms with Gasteiger partial charge in [-0.2, -0.15) is 0 Å². The monoisotopic (exact) mass is 493 g/mol. The van der Waals surface area contributed by atoms with Gasteiger partial charge in [0.1, 0.15) is 24.0 Å². The number of hydrogen-bond donors (Lipinski definition) is 0. The van der Waals surface area contributed by atoms with E-state index < -0.39 is 17.4 Å². The van der Waals surface area contributed by atoms with Crippen LogP contribution in [-0.4, -0.2) is 26.3 Å². The number of nitrogens with zero attached hydrogens (tertiary/aromatic N) is 3. The molecule has 0 amide bonds. The van der Waals surface area contributed by atoms with Crippen molar-refractivity contribution in [2.75, 3.05) is 5.75 Å². The summed E-state index contributed by atoms with van der Waals surface area (Å²) in [5, 5.41) is 8.99. The van der Waals surface area contributed by atoms with Crippen molar-refractivity contribution in [2.24, 2.45) is 0 Å². The summed E-state index contributed by atoms with van der Waals surface area (Å²) in [5.74, 6) is -0.898. The first kappa shape index (κ1) is 24.6. The normalized spacial score (nSPS) is 11.5. The number of ether oxygens (including phenoxy) is 1. The minimum atomic E-state index is -0.883. The van der Waals surface area contributed by atoms with E-state index in [1.165, 1.54) is 5.56 Å². The van der Waals surface area contributed by atoms with Crippen LogP contribution in [0.1, 0.15) is 42.5 Å². The number of ketones is 1. The molecule has 0 atom stereocenters. The maximum Gasteiger partial charge on any atom is 0.196 e. The summed E-state index contributed by atoms with van der Waals surface area (Å²) < 4.78 is 35.0. The highest BCUT2D eigenvalue weighted by molar-refractivity contribution is 7.99. The Kier molecular flexibility index (Phi) is 7.31. The Morgan fingerprint density at radius 3 is 2.34 bits per heavy atom. The first-order valence-corrected chi connectivity index (χ1v) is 12.0. The number of carbonyl (C=O) groups excluding carboxylic acids is 1. The lowest BCUT2D eigenvalue weighted by molar-refractivity contribution is 0.101. The quantitative estimate of drug-likeness (QED) is 0.210. The third-order valence-electron chi connectivity index (χ3n) is 5.37. The lowest BCUT2D eigenvalue weighted by Gasteiger charge is -2.19. The Morgan fingerprint density at radius 1 is 0.971 bits per heavy atom. The van der Waals surface area contributed by atoms with Gasteiger partial charge in [-0.15, -0.1) is 10.2 Å². The molecular weight excluding hydrogens is 468 g/mol. The minimum absolute atomic E-state index is 0.0480. The first-order chi connectivity index (χ1) is 16.7. The van der Waals surface area contributed by atoms with Gasteiger partial charge < -0.3 is 4.74 Å². The van der Waals surface area contributed by atoms with Gasteiger partial charge in [0.2, 0.25) is 0 Å². The highest BCUT2D eigenvalue weighted by Gasteiger charge is 2.19. The molecule has 0 saturated carbocycles. The second kappa shape index (κ2) is 10.4. The number of benzene rings is 3. The van der Waals surface area contributed by atoms with Crippen LogP contribution < -0.4 is 4.74 Å². The summed E-state index contributed by atoms with van der Waals surface area (Å²) in [4.78, 5) is 12.5. The van der Waals surface area contributed by atoms with Crippen LogP contribution in [0.15, 0.2) is 78.0 Å². The topological polar surface area (TPSA) is 57.0 Å². The van der Waals surface area contributed by atoms with Crippen LogP contribution in [0, 0.1) is 11.6 Å². The van der Waals surface area contributed by atoms with E-state index in [4.69, 9.17) is 4.74 Å². The van der Waals surface area contributed by atoms with Crippen molar-refractivity contribution in [3.8, 4) is 11.4 Å². The van der Waals surface area contributed by atoms with Crippen molar-refractivity contribution in [2.45, 2.75) is 37.9 Å². The lowest BCUT2D eigenvalue weighted by atomic mass is 9.87. The van der Waals surface area contributed by atoms with Crippen LogP contribution in [0.2, 0.25) is 0 Å². The molecule has 0 aliphatic heterocycles. The Hall–Kier alpha value is -3.52. The molecule has 4 rings (SSSR count). The van der Waals surface area contributed by atoms with Gasteiger partial charge in [-0.25, -0.2) is 8.78 Å². The molecule has 0 aliphatic rings. The number of aromatic nitrogens is 3. The van der Waals surface area contributed by atoms with E-state index in [-0.39, 0.29) is 23.3 Å². The van der Waals surface area contributed by atoms with Crippen LogP contribution >= 0.6 is 11.8 Å². The smallest absolute Gasteiger partial charge is 0.196 e. The highest BCUT2D eigenvalue weighted by atomic mass is 32.2. The molecular formula is C27H25F2N3O2S. The number of halogens is 2. The molecule has 0 bridgehead atoms. The molecule has 8 heteroatoms.